The number of carbonyl (C=O) groups excluding carboxylic acids is 2. The number of amides is 3. The first-order valence-electron chi connectivity index (χ1n) is 10.8. The topological polar surface area (TPSA) is 71.1 Å². The number of carbonyl (C=O) groups is 2. The molecule has 0 spiro atoms. The average Bonchev–Trinajstić information content (AvgIpc) is 3.11. The quantitative estimate of drug-likeness (QED) is 0.495. The van der Waals surface area contributed by atoms with Gasteiger partial charge in [-0.3, -0.25) is 9.69 Å². The highest BCUT2D eigenvalue weighted by Crippen LogP contribution is 2.37. The van der Waals surface area contributed by atoms with Crippen LogP contribution < -0.4 is 14.8 Å². The van der Waals surface area contributed by atoms with Crippen molar-refractivity contribution in [3.8, 4) is 11.5 Å². The summed E-state index contributed by atoms with van der Waals surface area (Å²) in [7, 11) is 4.72. The van der Waals surface area contributed by atoms with Crippen LogP contribution in [0.25, 0.3) is 0 Å². The molecule has 3 aromatic carbocycles. The molecule has 0 atom stereocenters. The van der Waals surface area contributed by atoms with Gasteiger partial charge in [0.05, 0.1) is 20.9 Å². The summed E-state index contributed by atoms with van der Waals surface area (Å²) in [6.07, 6.45) is 0. The van der Waals surface area contributed by atoms with Crippen LogP contribution in [-0.2, 0) is 16.9 Å². The fourth-order valence-corrected chi connectivity index (χ4v) is 4.18. The van der Waals surface area contributed by atoms with Crippen molar-refractivity contribution in [2.45, 2.75) is 12.1 Å². The van der Waals surface area contributed by atoms with E-state index in [4.69, 9.17) is 9.47 Å². The lowest BCUT2D eigenvalue weighted by atomic mass is 9.82. The molecular formula is C26H25F2N3O4. The fraction of sp³-hybridized carbons (Fsp3) is 0.231. The molecular weight excluding hydrogens is 456 g/mol. The number of ether oxygens (including phenoxy) is 2. The Hall–Kier alpha value is -3.98. The van der Waals surface area contributed by atoms with Gasteiger partial charge in [-0.2, -0.15) is 0 Å². The first kappa shape index (κ1) is 24.2. The second-order valence-corrected chi connectivity index (χ2v) is 8.26. The smallest absolute Gasteiger partial charge is 0.326 e. The average molecular weight is 481 g/mol. The molecule has 0 unspecified atom stereocenters. The number of hydrogen-bond acceptors (Lipinski definition) is 5. The Balaban J connectivity index is 1.67. The molecule has 3 amide bonds. The number of imide groups is 1. The Morgan fingerprint density at radius 2 is 1.43 bits per heavy atom. The summed E-state index contributed by atoms with van der Waals surface area (Å²) in [6, 6.07) is 16.5. The largest absolute Gasteiger partial charge is 0.497 e. The maximum Gasteiger partial charge on any atom is 0.326 e. The highest BCUT2D eigenvalue weighted by molar-refractivity contribution is 6.09. The molecule has 1 aliphatic rings. The van der Waals surface area contributed by atoms with Crippen molar-refractivity contribution in [3.05, 3.63) is 95.1 Å². The number of halogens is 2. The Kier molecular flexibility index (Phi) is 6.70. The van der Waals surface area contributed by atoms with Crippen molar-refractivity contribution in [2.24, 2.45) is 0 Å². The molecule has 1 heterocycles. The van der Waals surface area contributed by atoms with Crippen LogP contribution in [0.3, 0.4) is 0 Å². The number of hydrogen-bond donors (Lipinski definition) is 1. The number of urea groups is 1. The first-order chi connectivity index (χ1) is 16.8. The predicted octanol–water partition coefficient (Wildman–Crippen LogP) is 3.87. The zero-order valence-electron chi connectivity index (χ0n) is 19.5. The van der Waals surface area contributed by atoms with Gasteiger partial charge in [-0.15, -0.1) is 0 Å². The van der Waals surface area contributed by atoms with Crippen molar-refractivity contribution in [1.82, 2.24) is 15.1 Å². The van der Waals surface area contributed by atoms with Gasteiger partial charge in [-0.05, 0) is 48.5 Å². The molecule has 9 heteroatoms. The maximum absolute atomic E-state index is 14.1. The van der Waals surface area contributed by atoms with Gasteiger partial charge in [-0.25, -0.2) is 18.5 Å². The number of benzene rings is 3. The zero-order valence-corrected chi connectivity index (χ0v) is 19.5. The molecule has 1 aliphatic heterocycles. The van der Waals surface area contributed by atoms with Gasteiger partial charge in [-0.1, -0.05) is 30.3 Å². The van der Waals surface area contributed by atoms with Gasteiger partial charge in [0.1, 0.15) is 23.1 Å². The summed E-state index contributed by atoms with van der Waals surface area (Å²) >= 11 is 0. The first-order valence-corrected chi connectivity index (χ1v) is 10.8. The van der Waals surface area contributed by atoms with E-state index in [0.29, 0.717) is 22.6 Å². The SMILES string of the molecule is COc1ccc(C2(c3ccc(OC)cc3)NC(=O)N(CN(C)Cc3ccc(F)cc3F)C2=O)cc1. The summed E-state index contributed by atoms with van der Waals surface area (Å²) in [4.78, 5) is 29.6. The molecule has 182 valence electrons. The molecule has 3 aromatic rings. The number of nitrogens with zero attached hydrogens (tertiary/aromatic N) is 2. The van der Waals surface area contributed by atoms with Crippen LogP contribution in [0.5, 0.6) is 11.5 Å². The van der Waals surface area contributed by atoms with E-state index in [0.717, 1.165) is 11.0 Å². The predicted molar refractivity (Wildman–Crippen MR) is 125 cm³/mol. The fourth-order valence-electron chi connectivity index (χ4n) is 4.18. The molecule has 0 aromatic heterocycles. The number of rotatable bonds is 8. The van der Waals surface area contributed by atoms with Crippen LogP contribution in [-0.4, -0.2) is 49.7 Å². The van der Waals surface area contributed by atoms with E-state index >= 15 is 0 Å². The standard InChI is InChI=1S/C26H25F2N3O4/c1-30(15-17-4-9-20(27)14-23(17)28)16-31-24(32)26(29-25(31)33,18-5-10-21(34-2)11-6-18)19-7-12-22(35-3)13-8-19/h4-14H,15-16H2,1-3H3,(H,29,33). The highest BCUT2D eigenvalue weighted by atomic mass is 19.1. The molecule has 0 bridgehead atoms. The minimum absolute atomic E-state index is 0.0707. The number of nitrogens with one attached hydrogen (secondary N) is 1. The minimum atomic E-state index is -1.47. The lowest BCUT2D eigenvalue weighted by Gasteiger charge is -2.29. The van der Waals surface area contributed by atoms with Crippen molar-refractivity contribution >= 4 is 11.9 Å². The van der Waals surface area contributed by atoms with E-state index in [1.807, 2.05) is 0 Å². The van der Waals surface area contributed by atoms with Gasteiger partial charge in [0.15, 0.2) is 5.54 Å². The van der Waals surface area contributed by atoms with E-state index in [9.17, 15) is 18.4 Å². The van der Waals surface area contributed by atoms with Crippen LogP contribution in [0.2, 0.25) is 0 Å². The van der Waals surface area contributed by atoms with Gasteiger partial charge in [0.2, 0.25) is 0 Å². The Labute approximate surface area is 201 Å². The lowest BCUT2D eigenvalue weighted by Crippen LogP contribution is -2.46. The lowest BCUT2D eigenvalue weighted by molar-refractivity contribution is -0.131. The van der Waals surface area contributed by atoms with Crippen LogP contribution in [0, 0.1) is 11.6 Å². The molecule has 4 rings (SSSR count). The molecule has 7 nitrogen and oxygen atoms in total. The van der Waals surface area contributed by atoms with Gasteiger partial charge in [0, 0.05) is 18.2 Å². The zero-order chi connectivity index (χ0) is 25.2. The van der Waals surface area contributed by atoms with Gasteiger partial charge in [0.25, 0.3) is 5.91 Å². The van der Waals surface area contributed by atoms with Crippen molar-refractivity contribution in [3.63, 3.8) is 0 Å². The van der Waals surface area contributed by atoms with E-state index in [-0.39, 0.29) is 18.8 Å². The molecule has 1 fully saturated rings. The summed E-state index contributed by atoms with van der Waals surface area (Å²) in [5.74, 6) is -0.641. The molecule has 1 saturated heterocycles. The Morgan fingerprint density at radius 1 is 0.886 bits per heavy atom. The van der Waals surface area contributed by atoms with E-state index in [1.165, 1.54) is 26.4 Å². The van der Waals surface area contributed by atoms with Crippen LogP contribution in [0.15, 0.2) is 66.7 Å². The van der Waals surface area contributed by atoms with Gasteiger partial charge < -0.3 is 14.8 Å². The van der Waals surface area contributed by atoms with E-state index in [2.05, 4.69) is 5.32 Å². The summed E-state index contributed by atoms with van der Waals surface area (Å²) in [5.41, 5.74) is -0.122. The molecule has 0 radical (unpaired) electrons. The summed E-state index contributed by atoms with van der Waals surface area (Å²) < 4.78 is 37.8. The number of methoxy groups -OCH3 is 2. The molecule has 0 saturated carbocycles. The van der Waals surface area contributed by atoms with Gasteiger partial charge >= 0.3 is 6.03 Å². The molecule has 1 N–H and O–H groups in total. The van der Waals surface area contributed by atoms with Crippen LogP contribution in [0.1, 0.15) is 16.7 Å². The van der Waals surface area contributed by atoms with E-state index < -0.39 is 29.1 Å². The third kappa shape index (κ3) is 4.54. The van der Waals surface area contributed by atoms with Crippen molar-refractivity contribution in [2.75, 3.05) is 27.9 Å². The monoisotopic (exact) mass is 481 g/mol. The van der Waals surface area contributed by atoms with Crippen molar-refractivity contribution < 1.29 is 27.8 Å². The normalized spacial score (nSPS) is 14.9. The second kappa shape index (κ2) is 9.71. The minimum Gasteiger partial charge on any atom is -0.497 e. The maximum atomic E-state index is 14.1. The summed E-state index contributed by atoms with van der Waals surface area (Å²) in [5, 5.41) is 2.87. The van der Waals surface area contributed by atoms with Crippen LogP contribution >= 0.6 is 0 Å². The Bertz CT molecular complexity index is 1180. The second-order valence-electron chi connectivity index (χ2n) is 8.26. The molecule has 0 aliphatic carbocycles. The Morgan fingerprint density at radius 3 is 1.91 bits per heavy atom. The molecule has 35 heavy (non-hydrogen) atoms. The van der Waals surface area contributed by atoms with Crippen LogP contribution in [0.4, 0.5) is 13.6 Å². The summed E-state index contributed by atoms with van der Waals surface area (Å²) in [6.45, 7) is -0.0310. The van der Waals surface area contributed by atoms with Crippen molar-refractivity contribution in [1.29, 1.82) is 0 Å². The van der Waals surface area contributed by atoms with E-state index in [1.54, 1.807) is 60.5 Å². The highest BCUT2D eigenvalue weighted by Gasteiger charge is 2.53. The third-order valence-electron chi connectivity index (χ3n) is 5.99. The third-order valence-corrected chi connectivity index (χ3v) is 5.99.